The zero-order valence-electron chi connectivity index (χ0n) is 15.2. The van der Waals surface area contributed by atoms with Crippen LogP contribution in [0, 0.1) is 0 Å². The fourth-order valence-corrected chi connectivity index (χ4v) is 4.54. The molecule has 1 aliphatic heterocycles. The third-order valence-electron chi connectivity index (χ3n) is 4.93. The van der Waals surface area contributed by atoms with Gasteiger partial charge in [-0.25, -0.2) is 17.7 Å². The third kappa shape index (κ3) is 3.31. The first-order valence-electron chi connectivity index (χ1n) is 8.83. The van der Waals surface area contributed by atoms with E-state index in [2.05, 4.69) is 14.9 Å². The van der Waals surface area contributed by atoms with Gasteiger partial charge >= 0.3 is 0 Å². The number of rotatable bonds is 4. The lowest BCUT2D eigenvalue weighted by Crippen LogP contribution is -2.23. The zero-order valence-corrected chi connectivity index (χ0v) is 16.8. The molecule has 0 unspecified atom stereocenters. The second-order valence-electron chi connectivity index (χ2n) is 6.92. The first kappa shape index (κ1) is 18.3. The van der Waals surface area contributed by atoms with Gasteiger partial charge in [0.15, 0.2) is 0 Å². The summed E-state index contributed by atoms with van der Waals surface area (Å²) < 4.78 is 26.5. The van der Waals surface area contributed by atoms with Crippen molar-refractivity contribution in [2.24, 2.45) is 0 Å². The molecule has 27 heavy (non-hydrogen) atoms. The normalized spacial score (nSPS) is 15.2. The van der Waals surface area contributed by atoms with Crippen LogP contribution in [0.25, 0.3) is 22.3 Å². The monoisotopic (exact) mass is 404 g/mol. The van der Waals surface area contributed by atoms with E-state index in [9.17, 15) is 8.42 Å². The Kier molecular flexibility index (Phi) is 4.61. The molecule has 1 aromatic carbocycles. The van der Waals surface area contributed by atoms with Gasteiger partial charge in [0.05, 0.1) is 4.90 Å². The summed E-state index contributed by atoms with van der Waals surface area (Å²) in [7, 11) is -0.440. The minimum Gasteiger partial charge on any atom is -0.371 e. The van der Waals surface area contributed by atoms with Crippen LogP contribution in [-0.2, 0) is 10.0 Å². The topological polar surface area (TPSA) is 69.3 Å². The highest BCUT2D eigenvalue weighted by molar-refractivity contribution is 7.89. The lowest BCUT2D eigenvalue weighted by Gasteiger charge is -2.22. The van der Waals surface area contributed by atoms with Crippen LogP contribution >= 0.6 is 11.6 Å². The number of anilines is 1. The van der Waals surface area contributed by atoms with Crippen LogP contribution < -0.4 is 4.90 Å². The van der Waals surface area contributed by atoms with E-state index in [1.165, 1.54) is 18.4 Å². The summed E-state index contributed by atoms with van der Waals surface area (Å²) in [5.41, 5.74) is 3.40. The molecule has 6 nitrogen and oxygen atoms in total. The Hall–Kier alpha value is -2.09. The Bertz CT molecular complexity index is 1100. The van der Waals surface area contributed by atoms with Crippen LogP contribution in [0.4, 0.5) is 5.69 Å². The predicted octanol–water partition coefficient (Wildman–Crippen LogP) is 3.73. The van der Waals surface area contributed by atoms with Crippen LogP contribution in [0.15, 0.2) is 41.3 Å². The number of nitrogens with zero attached hydrogens (tertiary/aromatic N) is 3. The summed E-state index contributed by atoms with van der Waals surface area (Å²) in [5.74, 6) is 0. The highest BCUT2D eigenvalue weighted by Gasteiger charge is 2.23. The molecular weight excluding hydrogens is 384 g/mol. The number of halogens is 1. The number of hydrogen-bond acceptors (Lipinski definition) is 4. The van der Waals surface area contributed by atoms with E-state index in [0.29, 0.717) is 10.8 Å². The third-order valence-corrected chi connectivity index (χ3v) is 6.95. The summed E-state index contributed by atoms with van der Waals surface area (Å²) in [5, 5.41) is 1.35. The quantitative estimate of drug-likeness (QED) is 0.672. The number of benzene rings is 1. The van der Waals surface area contributed by atoms with Crippen LogP contribution in [0.2, 0.25) is 5.15 Å². The first-order chi connectivity index (χ1) is 12.9. The Morgan fingerprint density at radius 1 is 1.11 bits per heavy atom. The molecule has 2 aromatic heterocycles. The molecule has 1 saturated heterocycles. The Morgan fingerprint density at radius 3 is 2.56 bits per heavy atom. The minimum atomic E-state index is -3.52. The largest absolute Gasteiger partial charge is 0.371 e. The second-order valence-corrected chi connectivity index (χ2v) is 9.45. The second kappa shape index (κ2) is 6.82. The molecule has 0 aliphatic carbocycles. The van der Waals surface area contributed by atoms with E-state index < -0.39 is 10.0 Å². The van der Waals surface area contributed by atoms with Gasteiger partial charge in [0.2, 0.25) is 10.0 Å². The maximum absolute atomic E-state index is 12.6. The van der Waals surface area contributed by atoms with Crippen molar-refractivity contribution in [2.75, 3.05) is 32.1 Å². The number of H-pyrrole nitrogens is 1. The fourth-order valence-electron chi connectivity index (χ4n) is 3.46. The minimum absolute atomic E-state index is 0.273. The van der Waals surface area contributed by atoms with E-state index in [0.717, 1.165) is 48.3 Å². The lowest BCUT2D eigenvalue weighted by molar-refractivity contribution is 0.521. The van der Waals surface area contributed by atoms with E-state index in [1.807, 2.05) is 18.2 Å². The molecule has 142 valence electrons. The number of hydrogen-bond donors (Lipinski definition) is 1. The highest BCUT2D eigenvalue weighted by atomic mass is 35.5. The molecular formula is C19H21ClN4O2S. The zero-order chi connectivity index (χ0) is 19.2. The standard InChI is InChI=1S/C19H21ClN4O2S/c1-23(2)27(25,26)14-6-7-17(24-9-3-4-10-24)15(12-14)16-11-13-5-8-18(20)22-19(13)21-16/h5-8,11-12H,3-4,9-10H2,1-2H3,(H,21,22). The molecule has 4 rings (SSSR count). The van der Waals surface area contributed by atoms with Crippen LogP contribution in [0.1, 0.15) is 12.8 Å². The molecule has 3 heterocycles. The summed E-state index contributed by atoms with van der Waals surface area (Å²) in [6, 6.07) is 11.0. The summed E-state index contributed by atoms with van der Waals surface area (Å²) in [4.78, 5) is 10.2. The number of fused-ring (bicyclic) bond motifs is 1. The van der Waals surface area contributed by atoms with E-state index in [4.69, 9.17) is 11.6 Å². The van der Waals surface area contributed by atoms with Crippen LogP contribution in [-0.4, -0.2) is 49.9 Å². The number of nitrogens with one attached hydrogen (secondary N) is 1. The molecule has 1 aliphatic rings. The molecule has 0 atom stereocenters. The molecule has 0 spiro atoms. The van der Waals surface area contributed by atoms with Crippen LogP contribution in [0.3, 0.4) is 0 Å². The van der Waals surface area contributed by atoms with Gasteiger partial charge in [-0.05, 0) is 49.2 Å². The van der Waals surface area contributed by atoms with Crippen molar-refractivity contribution in [2.45, 2.75) is 17.7 Å². The Balaban J connectivity index is 1.91. The van der Waals surface area contributed by atoms with Gasteiger partial charge in [-0.2, -0.15) is 0 Å². The molecule has 0 saturated carbocycles. The van der Waals surface area contributed by atoms with Crippen molar-refractivity contribution in [3.05, 3.63) is 41.6 Å². The summed E-state index contributed by atoms with van der Waals surface area (Å²) >= 11 is 6.00. The van der Waals surface area contributed by atoms with Gasteiger partial charge in [-0.1, -0.05) is 11.6 Å². The van der Waals surface area contributed by atoms with Crippen molar-refractivity contribution in [3.63, 3.8) is 0 Å². The Labute approximate surface area is 163 Å². The highest BCUT2D eigenvalue weighted by Crippen LogP contribution is 2.36. The average Bonchev–Trinajstić information content (AvgIpc) is 3.30. The van der Waals surface area contributed by atoms with E-state index >= 15 is 0 Å². The molecule has 0 radical (unpaired) electrons. The molecule has 0 amide bonds. The number of aromatic nitrogens is 2. The molecule has 3 aromatic rings. The van der Waals surface area contributed by atoms with Crippen LogP contribution in [0.5, 0.6) is 0 Å². The van der Waals surface area contributed by atoms with Crippen molar-refractivity contribution >= 4 is 38.3 Å². The lowest BCUT2D eigenvalue weighted by atomic mass is 10.1. The predicted molar refractivity (Wildman–Crippen MR) is 109 cm³/mol. The maximum atomic E-state index is 12.6. The van der Waals surface area contributed by atoms with Crippen molar-refractivity contribution in [1.29, 1.82) is 0 Å². The smallest absolute Gasteiger partial charge is 0.242 e. The van der Waals surface area contributed by atoms with Crippen molar-refractivity contribution in [1.82, 2.24) is 14.3 Å². The van der Waals surface area contributed by atoms with Gasteiger partial charge in [0.25, 0.3) is 0 Å². The molecule has 1 N–H and O–H groups in total. The number of aromatic amines is 1. The molecule has 1 fully saturated rings. The van der Waals surface area contributed by atoms with Gasteiger partial charge in [-0.3, -0.25) is 0 Å². The average molecular weight is 405 g/mol. The van der Waals surface area contributed by atoms with Gasteiger partial charge in [0.1, 0.15) is 10.8 Å². The maximum Gasteiger partial charge on any atom is 0.242 e. The van der Waals surface area contributed by atoms with Crippen molar-refractivity contribution in [3.8, 4) is 11.3 Å². The summed E-state index contributed by atoms with van der Waals surface area (Å²) in [6.07, 6.45) is 2.28. The van der Waals surface area contributed by atoms with Crippen molar-refractivity contribution < 1.29 is 8.42 Å². The molecule has 0 bridgehead atoms. The number of sulfonamides is 1. The van der Waals surface area contributed by atoms with E-state index in [1.54, 1.807) is 18.2 Å². The fraction of sp³-hybridized carbons (Fsp3) is 0.316. The SMILES string of the molecule is CN(C)S(=O)(=O)c1ccc(N2CCCC2)c(-c2cc3ccc(Cl)nc3[nH]2)c1. The van der Waals surface area contributed by atoms with Gasteiger partial charge in [0, 0.05) is 49.5 Å². The number of pyridine rings is 1. The van der Waals surface area contributed by atoms with E-state index in [-0.39, 0.29) is 4.90 Å². The molecule has 8 heteroatoms. The van der Waals surface area contributed by atoms with Gasteiger partial charge < -0.3 is 9.88 Å². The van der Waals surface area contributed by atoms with Gasteiger partial charge in [-0.15, -0.1) is 0 Å². The summed E-state index contributed by atoms with van der Waals surface area (Å²) in [6.45, 7) is 1.94. The first-order valence-corrected chi connectivity index (χ1v) is 10.7. The Morgan fingerprint density at radius 2 is 1.85 bits per heavy atom.